The molecule has 1 amide bonds. The molecule has 0 spiro atoms. The van der Waals surface area contributed by atoms with E-state index in [1.807, 2.05) is 42.5 Å². The molecule has 2 N–H and O–H groups in total. The second kappa shape index (κ2) is 8.51. The van der Waals surface area contributed by atoms with Gasteiger partial charge in [-0.3, -0.25) is 14.8 Å². The van der Waals surface area contributed by atoms with Gasteiger partial charge in [0.05, 0.1) is 0 Å². The number of aromatic amines is 1. The number of rotatable bonds is 6. The fraction of sp³-hybridized carbons (Fsp3) is 0.333. The SMILES string of the molecule is O=C(Nc1ccc(N2CCN(Cc3ccccc3F)CC2)cc1)c1cc(C2CC2)[nH]n1. The monoisotopic (exact) mass is 419 g/mol. The molecule has 0 atom stereocenters. The van der Waals surface area contributed by atoms with Gasteiger partial charge in [0.1, 0.15) is 5.82 Å². The first-order valence-electron chi connectivity index (χ1n) is 10.8. The molecule has 6 nitrogen and oxygen atoms in total. The second-order valence-electron chi connectivity index (χ2n) is 8.34. The van der Waals surface area contributed by atoms with Crippen LogP contribution in [-0.2, 0) is 6.54 Å². The van der Waals surface area contributed by atoms with Crippen LogP contribution in [0.15, 0.2) is 54.6 Å². The minimum Gasteiger partial charge on any atom is -0.369 e. The third-order valence-corrected chi connectivity index (χ3v) is 6.06. The molecule has 1 saturated heterocycles. The highest BCUT2D eigenvalue weighted by molar-refractivity contribution is 6.03. The molecule has 0 bridgehead atoms. The molecular formula is C24H26FN5O. The fourth-order valence-electron chi connectivity index (χ4n) is 4.04. The van der Waals surface area contributed by atoms with Crippen molar-refractivity contribution in [2.75, 3.05) is 36.4 Å². The number of halogens is 1. The number of hydrogen-bond donors (Lipinski definition) is 2. The molecule has 1 aliphatic heterocycles. The predicted molar refractivity (Wildman–Crippen MR) is 119 cm³/mol. The van der Waals surface area contributed by atoms with Gasteiger partial charge in [-0.05, 0) is 49.2 Å². The van der Waals surface area contributed by atoms with Crippen molar-refractivity contribution in [1.29, 1.82) is 0 Å². The largest absolute Gasteiger partial charge is 0.369 e. The third-order valence-electron chi connectivity index (χ3n) is 6.06. The molecule has 0 unspecified atom stereocenters. The Hall–Kier alpha value is -3.19. The van der Waals surface area contributed by atoms with E-state index in [1.54, 1.807) is 6.07 Å². The first kappa shape index (κ1) is 19.8. The zero-order valence-electron chi connectivity index (χ0n) is 17.4. The van der Waals surface area contributed by atoms with E-state index in [0.717, 1.165) is 48.8 Å². The standard InChI is InChI=1S/C24H26FN5O/c25-21-4-2-1-3-18(21)16-29-11-13-30(14-12-29)20-9-7-19(8-10-20)26-24(31)23-15-22(27-28-23)17-5-6-17/h1-4,7-10,15,17H,5-6,11-14,16H2,(H,26,31)(H,27,28). The van der Waals surface area contributed by atoms with Crippen LogP contribution in [0, 0.1) is 5.82 Å². The first-order chi connectivity index (χ1) is 15.2. The summed E-state index contributed by atoms with van der Waals surface area (Å²) in [6.45, 7) is 4.18. The van der Waals surface area contributed by atoms with Gasteiger partial charge in [-0.25, -0.2) is 4.39 Å². The normalized spacial score (nSPS) is 17.0. The van der Waals surface area contributed by atoms with Crippen LogP contribution in [0.3, 0.4) is 0 Å². The zero-order valence-corrected chi connectivity index (χ0v) is 17.4. The van der Waals surface area contributed by atoms with E-state index in [4.69, 9.17) is 0 Å². The van der Waals surface area contributed by atoms with Gasteiger partial charge in [0.15, 0.2) is 5.69 Å². The van der Waals surface area contributed by atoms with Crippen LogP contribution in [0.4, 0.5) is 15.8 Å². The molecule has 2 heterocycles. The van der Waals surface area contributed by atoms with E-state index < -0.39 is 0 Å². The average molecular weight is 420 g/mol. The summed E-state index contributed by atoms with van der Waals surface area (Å²) in [5.74, 6) is 0.208. The lowest BCUT2D eigenvalue weighted by atomic mass is 10.1. The topological polar surface area (TPSA) is 64.3 Å². The maximum Gasteiger partial charge on any atom is 0.276 e. The van der Waals surface area contributed by atoms with Crippen molar-refractivity contribution in [1.82, 2.24) is 15.1 Å². The number of nitrogens with zero attached hydrogens (tertiary/aromatic N) is 3. The maximum absolute atomic E-state index is 13.9. The Morgan fingerprint density at radius 1 is 1.06 bits per heavy atom. The van der Waals surface area contributed by atoms with Gasteiger partial charge in [0.25, 0.3) is 5.91 Å². The highest BCUT2D eigenvalue weighted by Gasteiger charge is 2.26. The molecule has 1 aromatic heterocycles. The van der Waals surface area contributed by atoms with E-state index in [0.29, 0.717) is 18.2 Å². The third kappa shape index (κ3) is 4.61. The number of nitrogens with one attached hydrogen (secondary N) is 2. The van der Waals surface area contributed by atoms with Gasteiger partial charge < -0.3 is 10.2 Å². The summed E-state index contributed by atoms with van der Waals surface area (Å²) >= 11 is 0. The summed E-state index contributed by atoms with van der Waals surface area (Å²) in [5, 5.41) is 10.0. The molecule has 3 aromatic rings. The Balaban J connectivity index is 1.14. The Morgan fingerprint density at radius 2 is 1.81 bits per heavy atom. The first-order valence-corrected chi connectivity index (χ1v) is 10.8. The lowest BCUT2D eigenvalue weighted by Crippen LogP contribution is -2.46. The summed E-state index contributed by atoms with van der Waals surface area (Å²) in [4.78, 5) is 17.0. The molecule has 2 aliphatic rings. The Kier molecular flexibility index (Phi) is 5.42. The van der Waals surface area contributed by atoms with Crippen LogP contribution in [0.2, 0.25) is 0 Å². The van der Waals surface area contributed by atoms with Crippen molar-refractivity contribution in [2.24, 2.45) is 0 Å². The summed E-state index contributed by atoms with van der Waals surface area (Å²) in [6.07, 6.45) is 2.34. The maximum atomic E-state index is 13.9. The Morgan fingerprint density at radius 3 is 2.52 bits per heavy atom. The number of aromatic nitrogens is 2. The number of anilines is 2. The highest BCUT2D eigenvalue weighted by atomic mass is 19.1. The van der Waals surface area contributed by atoms with Crippen molar-refractivity contribution < 1.29 is 9.18 Å². The molecule has 1 aliphatic carbocycles. The minimum absolute atomic E-state index is 0.138. The lowest BCUT2D eigenvalue weighted by molar-refractivity contribution is 0.102. The van der Waals surface area contributed by atoms with E-state index in [2.05, 4.69) is 25.3 Å². The number of amides is 1. The fourth-order valence-corrected chi connectivity index (χ4v) is 4.04. The molecule has 5 rings (SSSR count). The van der Waals surface area contributed by atoms with E-state index >= 15 is 0 Å². The van der Waals surface area contributed by atoms with Gasteiger partial charge in [-0.1, -0.05) is 18.2 Å². The smallest absolute Gasteiger partial charge is 0.276 e. The van der Waals surface area contributed by atoms with Gasteiger partial charge in [-0.15, -0.1) is 0 Å². The number of H-pyrrole nitrogens is 1. The van der Waals surface area contributed by atoms with Gasteiger partial charge in [-0.2, -0.15) is 5.10 Å². The van der Waals surface area contributed by atoms with E-state index in [9.17, 15) is 9.18 Å². The quantitative estimate of drug-likeness (QED) is 0.634. The van der Waals surface area contributed by atoms with E-state index in [1.165, 1.54) is 18.9 Å². The summed E-state index contributed by atoms with van der Waals surface area (Å²) in [5.41, 5.74) is 4.10. The van der Waals surface area contributed by atoms with Crippen molar-refractivity contribution >= 4 is 17.3 Å². The number of carbonyl (C=O) groups excluding carboxylic acids is 1. The Bertz CT molecular complexity index is 1050. The highest BCUT2D eigenvalue weighted by Crippen LogP contribution is 2.39. The molecule has 2 fully saturated rings. The Labute approximate surface area is 181 Å². The van der Waals surface area contributed by atoms with Crippen LogP contribution in [-0.4, -0.2) is 47.2 Å². The van der Waals surface area contributed by atoms with Crippen molar-refractivity contribution in [3.05, 3.63) is 77.4 Å². The lowest BCUT2D eigenvalue weighted by Gasteiger charge is -2.36. The van der Waals surface area contributed by atoms with Crippen LogP contribution in [0.5, 0.6) is 0 Å². The number of carbonyl (C=O) groups is 1. The van der Waals surface area contributed by atoms with Crippen LogP contribution in [0.1, 0.15) is 40.5 Å². The molecule has 31 heavy (non-hydrogen) atoms. The summed E-state index contributed by atoms with van der Waals surface area (Å²) < 4.78 is 13.9. The van der Waals surface area contributed by atoms with Crippen LogP contribution in [0.25, 0.3) is 0 Å². The molecule has 7 heteroatoms. The molecular weight excluding hydrogens is 393 g/mol. The van der Waals surface area contributed by atoms with Crippen molar-refractivity contribution in [2.45, 2.75) is 25.3 Å². The van der Waals surface area contributed by atoms with Crippen LogP contribution >= 0.6 is 0 Å². The van der Waals surface area contributed by atoms with Gasteiger partial charge >= 0.3 is 0 Å². The van der Waals surface area contributed by atoms with Crippen molar-refractivity contribution in [3.63, 3.8) is 0 Å². The minimum atomic E-state index is -0.197. The van der Waals surface area contributed by atoms with Gasteiger partial charge in [0, 0.05) is 61.3 Å². The second-order valence-corrected chi connectivity index (χ2v) is 8.34. The van der Waals surface area contributed by atoms with Crippen LogP contribution < -0.4 is 10.2 Å². The number of hydrogen-bond acceptors (Lipinski definition) is 4. The van der Waals surface area contributed by atoms with E-state index in [-0.39, 0.29) is 11.7 Å². The zero-order chi connectivity index (χ0) is 21.2. The number of piperazine rings is 1. The molecule has 1 saturated carbocycles. The summed E-state index contributed by atoms with van der Waals surface area (Å²) in [6, 6.07) is 16.7. The number of benzene rings is 2. The van der Waals surface area contributed by atoms with Gasteiger partial charge in [0.2, 0.25) is 0 Å². The summed E-state index contributed by atoms with van der Waals surface area (Å²) in [7, 11) is 0. The molecule has 160 valence electrons. The average Bonchev–Trinajstić information content (AvgIpc) is 3.53. The van der Waals surface area contributed by atoms with Crippen molar-refractivity contribution in [3.8, 4) is 0 Å². The predicted octanol–water partition coefficient (Wildman–Crippen LogP) is 4.00. The molecule has 2 aromatic carbocycles. The molecule has 0 radical (unpaired) electrons.